The molecule has 8 nitrogen and oxygen atoms in total. The highest BCUT2D eigenvalue weighted by Crippen LogP contribution is 2.30. The molecule has 4 aromatic rings. The van der Waals surface area contributed by atoms with Crippen molar-refractivity contribution < 1.29 is 9.59 Å². The number of nitrogens with zero attached hydrogens (tertiary/aromatic N) is 4. The highest BCUT2D eigenvalue weighted by molar-refractivity contribution is 7.15. The van der Waals surface area contributed by atoms with E-state index in [1.54, 1.807) is 30.3 Å². The summed E-state index contributed by atoms with van der Waals surface area (Å²) in [6.45, 7) is 4.03. The van der Waals surface area contributed by atoms with E-state index in [0.717, 1.165) is 16.9 Å². The number of urea groups is 1. The van der Waals surface area contributed by atoms with Crippen LogP contribution in [0.1, 0.15) is 39.1 Å². The SMILES string of the molecule is CCc1cc(C(=O)c2ccccc2Cl)c(-n2nnnc2CNC(=O)Nc2cccc(C)c2)s1. The predicted molar refractivity (Wildman–Crippen MR) is 128 cm³/mol. The molecule has 0 fully saturated rings. The van der Waals surface area contributed by atoms with Gasteiger partial charge in [-0.15, -0.1) is 16.4 Å². The molecule has 2 N–H and O–H groups in total. The Morgan fingerprint density at radius 1 is 1.09 bits per heavy atom. The maximum absolute atomic E-state index is 13.3. The van der Waals surface area contributed by atoms with Crippen LogP contribution in [0, 0.1) is 6.92 Å². The minimum atomic E-state index is -0.386. The van der Waals surface area contributed by atoms with Gasteiger partial charge in [-0.25, -0.2) is 4.79 Å². The summed E-state index contributed by atoms with van der Waals surface area (Å²) < 4.78 is 1.49. The van der Waals surface area contributed by atoms with Gasteiger partial charge in [0.25, 0.3) is 0 Å². The molecule has 0 aliphatic heterocycles. The number of aromatic nitrogens is 4. The molecule has 2 heterocycles. The lowest BCUT2D eigenvalue weighted by molar-refractivity contribution is 0.103. The van der Waals surface area contributed by atoms with Crippen molar-refractivity contribution in [1.82, 2.24) is 25.5 Å². The Hall–Kier alpha value is -3.56. The van der Waals surface area contributed by atoms with Crippen molar-refractivity contribution in [3.8, 4) is 5.00 Å². The quantitative estimate of drug-likeness (QED) is 0.370. The molecule has 0 atom stereocenters. The smallest absolute Gasteiger partial charge is 0.319 e. The zero-order valence-corrected chi connectivity index (χ0v) is 19.6. The van der Waals surface area contributed by atoms with Crippen molar-refractivity contribution in [3.63, 3.8) is 0 Å². The minimum Gasteiger partial charge on any atom is -0.330 e. The first-order chi connectivity index (χ1) is 16.0. The maximum atomic E-state index is 13.3. The summed E-state index contributed by atoms with van der Waals surface area (Å²) >= 11 is 7.69. The van der Waals surface area contributed by atoms with Crippen LogP contribution in [0.25, 0.3) is 5.00 Å². The molecule has 0 spiro atoms. The largest absolute Gasteiger partial charge is 0.330 e. The summed E-state index contributed by atoms with van der Waals surface area (Å²) in [7, 11) is 0. The fourth-order valence-corrected chi connectivity index (χ4v) is 4.53. The van der Waals surface area contributed by atoms with Crippen LogP contribution in [0.3, 0.4) is 0 Å². The third-order valence-electron chi connectivity index (χ3n) is 4.88. The van der Waals surface area contributed by atoms with Gasteiger partial charge in [-0.3, -0.25) is 4.79 Å². The molecule has 2 aromatic carbocycles. The van der Waals surface area contributed by atoms with Gasteiger partial charge in [-0.1, -0.05) is 42.8 Å². The van der Waals surface area contributed by atoms with Crippen molar-refractivity contribution >= 4 is 40.4 Å². The average Bonchev–Trinajstić information content (AvgIpc) is 3.44. The second kappa shape index (κ2) is 9.93. The lowest BCUT2D eigenvalue weighted by Crippen LogP contribution is -2.29. The van der Waals surface area contributed by atoms with E-state index in [4.69, 9.17) is 11.6 Å². The lowest BCUT2D eigenvalue weighted by Gasteiger charge is -2.09. The zero-order valence-electron chi connectivity index (χ0n) is 18.0. The molecule has 10 heteroatoms. The number of ketones is 1. The number of benzene rings is 2. The van der Waals surface area contributed by atoms with Gasteiger partial charge >= 0.3 is 6.03 Å². The molecule has 0 aliphatic rings. The van der Waals surface area contributed by atoms with Crippen molar-refractivity contribution in [2.45, 2.75) is 26.8 Å². The number of amides is 2. The van der Waals surface area contributed by atoms with Gasteiger partial charge in [0.1, 0.15) is 5.00 Å². The summed E-state index contributed by atoms with van der Waals surface area (Å²) in [5, 5.41) is 18.4. The lowest BCUT2D eigenvalue weighted by atomic mass is 10.0. The van der Waals surface area contributed by atoms with Crippen molar-refractivity contribution in [3.05, 3.63) is 87.0 Å². The van der Waals surface area contributed by atoms with E-state index in [1.165, 1.54) is 16.0 Å². The van der Waals surface area contributed by atoms with Crippen LogP contribution in [-0.4, -0.2) is 32.0 Å². The first kappa shape index (κ1) is 22.6. The first-order valence-electron chi connectivity index (χ1n) is 10.3. The maximum Gasteiger partial charge on any atom is 0.319 e. The van der Waals surface area contributed by atoms with E-state index in [-0.39, 0.29) is 18.4 Å². The molecule has 0 bridgehead atoms. The number of nitrogens with one attached hydrogen (secondary N) is 2. The van der Waals surface area contributed by atoms with E-state index in [1.807, 2.05) is 38.1 Å². The van der Waals surface area contributed by atoms with Crippen molar-refractivity contribution in [1.29, 1.82) is 0 Å². The molecule has 4 rings (SSSR count). The minimum absolute atomic E-state index is 0.0731. The van der Waals surface area contributed by atoms with Gasteiger partial charge in [-0.05, 0) is 59.7 Å². The second-order valence-corrected chi connectivity index (χ2v) is 8.80. The van der Waals surface area contributed by atoms with Crippen LogP contribution in [0.5, 0.6) is 0 Å². The first-order valence-corrected chi connectivity index (χ1v) is 11.5. The van der Waals surface area contributed by atoms with E-state index in [9.17, 15) is 9.59 Å². The number of aryl methyl sites for hydroxylation is 2. The van der Waals surface area contributed by atoms with Crippen LogP contribution in [0.2, 0.25) is 5.02 Å². The molecular weight excluding hydrogens is 460 g/mol. The van der Waals surface area contributed by atoms with Gasteiger partial charge < -0.3 is 10.6 Å². The fraction of sp³-hybridized carbons (Fsp3) is 0.174. The molecule has 0 aliphatic carbocycles. The number of carbonyl (C=O) groups excluding carboxylic acids is 2. The fourth-order valence-electron chi connectivity index (χ4n) is 3.25. The number of anilines is 1. The topological polar surface area (TPSA) is 102 Å². The Morgan fingerprint density at radius 2 is 1.91 bits per heavy atom. The molecule has 0 saturated carbocycles. The number of tetrazole rings is 1. The number of carbonyl (C=O) groups is 2. The number of hydrogen-bond acceptors (Lipinski definition) is 6. The Bertz CT molecular complexity index is 1320. The van der Waals surface area contributed by atoms with Gasteiger partial charge in [-0.2, -0.15) is 4.68 Å². The Kier molecular flexibility index (Phi) is 6.81. The van der Waals surface area contributed by atoms with E-state index in [0.29, 0.717) is 32.7 Å². The van der Waals surface area contributed by atoms with Gasteiger partial charge in [0.2, 0.25) is 0 Å². The standard InChI is InChI=1S/C23H21ClN6O2S/c1-3-16-12-18(21(31)17-9-4-5-10-19(17)24)22(33-16)30-20(27-28-29-30)13-25-23(32)26-15-8-6-7-14(2)11-15/h4-12H,3,13H2,1-2H3,(H2,25,26,32). The summed E-state index contributed by atoms with van der Waals surface area (Å²) in [5.74, 6) is 0.185. The van der Waals surface area contributed by atoms with E-state index in [2.05, 4.69) is 26.2 Å². The average molecular weight is 481 g/mol. The molecule has 0 unspecified atom stereocenters. The van der Waals surface area contributed by atoms with Crippen molar-refractivity contribution in [2.24, 2.45) is 0 Å². The third-order valence-corrected chi connectivity index (χ3v) is 6.47. The molecule has 33 heavy (non-hydrogen) atoms. The van der Waals surface area contributed by atoms with E-state index >= 15 is 0 Å². The van der Waals surface area contributed by atoms with Crippen molar-refractivity contribution in [2.75, 3.05) is 5.32 Å². The highest BCUT2D eigenvalue weighted by atomic mass is 35.5. The van der Waals surface area contributed by atoms with Crippen LogP contribution in [-0.2, 0) is 13.0 Å². The number of hydrogen-bond donors (Lipinski definition) is 2. The molecule has 168 valence electrons. The Morgan fingerprint density at radius 3 is 2.67 bits per heavy atom. The van der Waals surface area contributed by atoms with Gasteiger partial charge in [0.05, 0.1) is 17.1 Å². The Labute approximate surface area is 199 Å². The van der Waals surface area contributed by atoms with E-state index < -0.39 is 0 Å². The summed E-state index contributed by atoms with van der Waals surface area (Å²) in [5.41, 5.74) is 2.59. The number of halogens is 1. The predicted octanol–water partition coefficient (Wildman–Crippen LogP) is 4.80. The molecule has 2 aromatic heterocycles. The Balaban J connectivity index is 1.57. The number of thiophene rings is 1. The summed E-state index contributed by atoms with van der Waals surface area (Å²) in [6, 6.07) is 15.9. The summed E-state index contributed by atoms with van der Waals surface area (Å²) in [4.78, 5) is 26.6. The zero-order chi connectivity index (χ0) is 23.4. The van der Waals surface area contributed by atoms with Crippen LogP contribution in [0.15, 0.2) is 54.6 Å². The second-order valence-electron chi connectivity index (χ2n) is 7.28. The highest BCUT2D eigenvalue weighted by Gasteiger charge is 2.23. The summed E-state index contributed by atoms with van der Waals surface area (Å²) in [6.07, 6.45) is 0.752. The van der Waals surface area contributed by atoms with Gasteiger partial charge in [0.15, 0.2) is 11.6 Å². The van der Waals surface area contributed by atoms with Gasteiger partial charge in [0, 0.05) is 16.1 Å². The molecular formula is C23H21ClN6O2S. The number of rotatable bonds is 7. The van der Waals surface area contributed by atoms with Crippen LogP contribution < -0.4 is 10.6 Å². The molecule has 2 amide bonds. The van der Waals surface area contributed by atoms with Crippen LogP contribution in [0.4, 0.5) is 10.5 Å². The normalized spacial score (nSPS) is 10.8. The molecule has 0 saturated heterocycles. The monoisotopic (exact) mass is 480 g/mol. The molecule has 0 radical (unpaired) electrons. The third kappa shape index (κ3) is 5.10. The van der Waals surface area contributed by atoms with Crippen LogP contribution >= 0.6 is 22.9 Å².